The van der Waals surface area contributed by atoms with Gasteiger partial charge in [-0.25, -0.2) is 0 Å². The Bertz CT molecular complexity index is 231. The number of rotatable bonds is 3. The summed E-state index contributed by atoms with van der Waals surface area (Å²) in [6, 6.07) is 0.125. The van der Waals surface area contributed by atoms with Gasteiger partial charge in [0.05, 0.1) is 24.1 Å². The lowest BCUT2D eigenvalue weighted by Crippen LogP contribution is -2.40. The second kappa shape index (κ2) is 5.27. The summed E-state index contributed by atoms with van der Waals surface area (Å²) >= 11 is 3.48. The third-order valence-corrected chi connectivity index (χ3v) is 3.76. The average Bonchev–Trinajstić information content (AvgIpc) is 2.79. The van der Waals surface area contributed by atoms with Crippen LogP contribution < -0.4 is 5.32 Å². The van der Waals surface area contributed by atoms with Crippen LogP contribution in [0.1, 0.15) is 12.8 Å². The first kappa shape index (κ1) is 11.4. The molecule has 2 aliphatic rings. The predicted molar refractivity (Wildman–Crippen MR) is 59.0 cm³/mol. The van der Waals surface area contributed by atoms with Crippen molar-refractivity contribution in [3.63, 3.8) is 0 Å². The molecule has 4 nitrogen and oxygen atoms in total. The van der Waals surface area contributed by atoms with E-state index in [9.17, 15) is 4.79 Å². The smallest absolute Gasteiger partial charge is 0.220 e. The van der Waals surface area contributed by atoms with Gasteiger partial charge in [-0.2, -0.15) is 0 Å². The molecule has 2 fully saturated rings. The highest BCUT2D eigenvalue weighted by molar-refractivity contribution is 9.09. The topological polar surface area (TPSA) is 47.6 Å². The molecule has 86 valence electrons. The largest absolute Gasteiger partial charge is 0.381 e. The Kier molecular flexibility index (Phi) is 3.99. The minimum Gasteiger partial charge on any atom is -0.381 e. The lowest BCUT2D eigenvalue weighted by atomic mass is 10.0. The van der Waals surface area contributed by atoms with Gasteiger partial charge in [-0.15, -0.1) is 0 Å². The van der Waals surface area contributed by atoms with Crippen LogP contribution in [0.4, 0.5) is 0 Å². The van der Waals surface area contributed by atoms with Crippen LogP contribution in [-0.2, 0) is 14.3 Å². The van der Waals surface area contributed by atoms with Crippen LogP contribution in [0.3, 0.4) is 0 Å². The number of amides is 1. The second-order valence-corrected chi connectivity index (χ2v) is 5.34. The van der Waals surface area contributed by atoms with Crippen LogP contribution >= 0.6 is 15.9 Å². The quantitative estimate of drug-likeness (QED) is 0.773. The van der Waals surface area contributed by atoms with E-state index in [1.807, 2.05) is 0 Å². The second-order valence-electron chi connectivity index (χ2n) is 4.16. The molecule has 3 atom stereocenters. The van der Waals surface area contributed by atoms with E-state index in [1.165, 1.54) is 0 Å². The number of hydrogen-bond donors (Lipinski definition) is 1. The molecule has 1 N–H and O–H groups in total. The zero-order chi connectivity index (χ0) is 10.7. The van der Waals surface area contributed by atoms with Gasteiger partial charge in [0.25, 0.3) is 0 Å². The van der Waals surface area contributed by atoms with Crippen molar-refractivity contribution in [1.82, 2.24) is 5.32 Å². The zero-order valence-electron chi connectivity index (χ0n) is 8.58. The molecule has 2 aliphatic heterocycles. The van der Waals surface area contributed by atoms with Crippen molar-refractivity contribution < 1.29 is 14.3 Å². The van der Waals surface area contributed by atoms with Gasteiger partial charge in [0, 0.05) is 19.6 Å². The fraction of sp³-hybridized carbons (Fsp3) is 0.900. The molecule has 2 rings (SSSR count). The molecule has 2 heterocycles. The summed E-state index contributed by atoms with van der Waals surface area (Å²) in [6.45, 7) is 2.82. The summed E-state index contributed by atoms with van der Waals surface area (Å²) < 4.78 is 10.5. The normalized spacial score (nSPS) is 35.7. The summed E-state index contributed by atoms with van der Waals surface area (Å²) in [5, 5.41) is 2.99. The van der Waals surface area contributed by atoms with Crippen molar-refractivity contribution in [1.29, 1.82) is 0 Å². The Labute approximate surface area is 97.8 Å². The minimum atomic E-state index is 0.116. The van der Waals surface area contributed by atoms with Crippen LogP contribution in [0.5, 0.6) is 0 Å². The van der Waals surface area contributed by atoms with Crippen molar-refractivity contribution >= 4 is 21.8 Å². The van der Waals surface area contributed by atoms with E-state index < -0.39 is 0 Å². The third kappa shape index (κ3) is 3.16. The van der Waals surface area contributed by atoms with Gasteiger partial charge in [-0.1, -0.05) is 15.9 Å². The number of hydrogen-bond acceptors (Lipinski definition) is 3. The van der Waals surface area contributed by atoms with E-state index in [4.69, 9.17) is 9.47 Å². The molecule has 0 aromatic rings. The summed E-state index contributed by atoms with van der Waals surface area (Å²) in [5.74, 6) is 0.520. The first-order valence-corrected chi connectivity index (χ1v) is 6.26. The maximum atomic E-state index is 11.7. The van der Waals surface area contributed by atoms with E-state index in [0.29, 0.717) is 25.6 Å². The minimum absolute atomic E-state index is 0.116. The van der Waals surface area contributed by atoms with Gasteiger partial charge in [0.1, 0.15) is 0 Å². The van der Waals surface area contributed by atoms with Gasteiger partial charge in [-0.05, 0) is 12.3 Å². The number of alkyl halides is 1. The van der Waals surface area contributed by atoms with E-state index in [1.54, 1.807) is 0 Å². The van der Waals surface area contributed by atoms with E-state index in [2.05, 4.69) is 21.2 Å². The van der Waals surface area contributed by atoms with Gasteiger partial charge >= 0.3 is 0 Å². The van der Waals surface area contributed by atoms with E-state index in [0.717, 1.165) is 19.6 Å². The molecule has 0 aromatic heterocycles. The monoisotopic (exact) mass is 277 g/mol. The number of carbonyl (C=O) groups excluding carboxylic acids is 1. The highest BCUT2D eigenvalue weighted by Gasteiger charge is 2.28. The van der Waals surface area contributed by atoms with Gasteiger partial charge in [0.15, 0.2) is 0 Å². The Morgan fingerprint density at radius 1 is 1.33 bits per heavy atom. The van der Waals surface area contributed by atoms with E-state index in [-0.39, 0.29) is 16.8 Å². The Morgan fingerprint density at radius 2 is 2.20 bits per heavy atom. The lowest BCUT2D eigenvalue weighted by Gasteiger charge is -2.15. The molecular formula is C10H16BrNO3. The van der Waals surface area contributed by atoms with E-state index >= 15 is 0 Å². The number of ether oxygens (including phenoxy) is 2. The predicted octanol–water partition coefficient (Wildman–Crippen LogP) is 0.692. The number of halogens is 1. The molecule has 2 saturated heterocycles. The standard InChI is InChI=1S/C10H16BrNO3/c11-8-5-15-6-9(8)12-10(13)3-7-1-2-14-4-7/h7-9H,1-6H2,(H,12,13). The molecule has 0 bridgehead atoms. The third-order valence-electron chi connectivity index (χ3n) is 2.86. The van der Waals surface area contributed by atoms with Crippen LogP contribution in [0, 0.1) is 5.92 Å². The van der Waals surface area contributed by atoms with Crippen molar-refractivity contribution in [2.24, 2.45) is 5.92 Å². The highest BCUT2D eigenvalue weighted by atomic mass is 79.9. The lowest BCUT2D eigenvalue weighted by molar-refractivity contribution is -0.122. The SMILES string of the molecule is O=C(CC1CCOC1)NC1COCC1Br. The first-order chi connectivity index (χ1) is 7.25. The molecule has 0 radical (unpaired) electrons. The Hall–Kier alpha value is -0.130. The number of carbonyl (C=O) groups is 1. The summed E-state index contributed by atoms with van der Waals surface area (Å²) in [7, 11) is 0. The summed E-state index contributed by atoms with van der Waals surface area (Å²) in [5.41, 5.74) is 0. The van der Waals surface area contributed by atoms with Gasteiger partial charge in [-0.3, -0.25) is 4.79 Å². The van der Waals surface area contributed by atoms with Crippen molar-refractivity contribution in [2.45, 2.75) is 23.7 Å². The summed E-state index contributed by atoms with van der Waals surface area (Å²) in [6.07, 6.45) is 1.59. The fourth-order valence-electron chi connectivity index (χ4n) is 1.93. The van der Waals surface area contributed by atoms with Gasteiger partial charge in [0.2, 0.25) is 5.91 Å². The van der Waals surface area contributed by atoms with Crippen molar-refractivity contribution in [2.75, 3.05) is 26.4 Å². The molecule has 15 heavy (non-hydrogen) atoms. The average molecular weight is 278 g/mol. The molecule has 1 amide bonds. The molecule has 0 aromatic carbocycles. The molecule has 0 aliphatic carbocycles. The highest BCUT2D eigenvalue weighted by Crippen LogP contribution is 2.18. The maximum absolute atomic E-state index is 11.7. The van der Waals surface area contributed by atoms with Crippen molar-refractivity contribution in [3.05, 3.63) is 0 Å². The molecule has 5 heteroatoms. The molecule has 3 unspecified atom stereocenters. The Balaban J connectivity index is 1.71. The van der Waals surface area contributed by atoms with Crippen LogP contribution in [0.25, 0.3) is 0 Å². The molecule has 0 saturated carbocycles. The van der Waals surface area contributed by atoms with Crippen LogP contribution in [0.15, 0.2) is 0 Å². The van der Waals surface area contributed by atoms with Crippen LogP contribution in [-0.4, -0.2) is 43.2 Å². The zero-order valence-corrected chi connectivity index (χ0v) is 10.2. The number of nitrogens with one attached hydrogen (secondary N) is 1. The molecular weight excluding hydrogens is 262 g/mol. The Morgan fingerprint density at radius 3 is 2.80 bits per heavy atom. The maximum Gasteiger partial charge on any atom is 0.220 e. The molecule has 0 spiro atoms. The van der Waals surface area contributed by atoms with Crippen molar-refractivity contribution in [3.8, 4) is 0 Å². The fourth-order valence-corrected chi connectivity index (χ4v) is 2.40. The van der Waals surface area contributed by atoms with Crippen LogP contribution in [0.2, 0.25) is 0 Å². The first-order valence-electron chi connectivity index (χ1n) is 5.34. The summed E-state index contributed by atoms with van der Waals surface area (Å²) in [4.78, 5) is 11.9. The van der Waals surface area contributed by atoms with Gasteiger partial charge < -0.3 is 14.8 Å².